The number of likely N-dealkylation sites (N-methyl/N-ethyl adjacent to an activating group) is 1. The maximum atomic E-state index is 12.7. The van der Waals surface area contributed by atoms with Gasteiger partial charge in [-0.2, -0.15) is 23.4 Å². The molecule has 0 aromatic carbocycles. The monoisotopic (exact) mass is 465 g/mol. The summed E-state index contributed by atoms with van der Waals surface area (Å²) in [5.74, 6) is -0.0988. The molecule has 0 saturated carbocycles. The summed E-state index contributed by atoms with van der Waals surface area (Å²) < 4.78 is 40.0. The third-order valence-corrected chi connectivity index (χ3v) is 6.24. The first-order valence-electron chi connectivity index (χ1n) is 10.5. The molecule has 1 aromatic rings. The largest absolute Gasteiger partial charge is 0.408 e. The fraction of sp³-hybridized carbons (Fsp3) is 0.550. The van der Waals surface area contributed by atoms with E-state index in [0.717, 1.165) is 12.5 Å². The molecule has 1 saturated heterocycles. The van der Waals surface area contributed by atoms with Crippen LogP contribution in [0.3, 0.4) is 0 Å². The molecule has 1 fully saturated rings. The van der Waals surface area contributed by atoms with Crippen molar-refractivity contribution in [3.05, 3.63) is 30.0 Å². The quantitative estimate of drug-likeness (QED) is 0.539. The number of aromatic nitrogens is 2. The van der Waals surface area contributed by atoms with Gasteiger partial charge >= 0.3 is 6.18 Å². The molecule has 1 amide bonds. The molecule has 10 nitrogen and oxygen atoms in total. The third kappa shape index (κ3) is 4.18. The van der Waals surface area contributed by atoms with Crippen LogP contribution in [0.5, 0.6) is 0 Å². The van der Waals surface area contributed by atoms with Crippen molar-refractivity contribution in [3.63, 3.8) is 0 Å². The van der Waals surface area contributed by atoms with Gasteiger partial charge in [-0.3, -0.25) is 9.48 Å². The standard InChI is InChI=1S/C20H26F3N9O/c1-12-15(5-26-29-12)14-4-27-32(7-14)19(9-24)10-31(11-19)17-8-30(3)16(6-25-17)18(33)28-13(2)20(21,22)23/h4-9,12-13,15-16,24,29H,10-11H2,1-3H3,(H,28,33). The first kappa shape index (κ1) is 22.8. The molecule has 4 rings (SSSR count). The number of hydrogen-bond donors (Lipinski definition) is 3. The van der Waals surface area contributed by atoms with Crippen LogP contribution in [0.1, 0.15) is 25.3 Å². The maximum Gasteiger partial charge on any atom is 0.408 e. The van der Waals surface area contributed by atoms with Crippen LogP contribution in [0.25, 0.3) is 0 Å². The fourth-order valence-corrected chi connectivity index (χ4v) is 4.00. The molecule has 0 spiro atoms. The highest BCUT2D eigenvalue weighted by molar-refractivity contribution is 5.98. The Morgan fingerprint density at radius 3 is 2.70 bits per heavy atom. The number of nitrogens with one attached hydrogen (secondary N) is 3. The van der Waals surface area contributed by atoms with Crippen LogP contribution in [0, 0.1) is 5.41 Å². The lowest BCUT2D eigenvalue weighted by Crippen LogP contribution is -2.63. The van der Waals surface area contributed by atoms with Crippen LogP contribution in [0.2, 0.25) is 0 Å². The van der Waals surface area contributed by atoms with Crippen LogP contribution >= 0.6 is 0 Å². The summed E-state index contributed by atoms with van der Waals surface area (Å²) in [7, 11) is 1.61. The number of amides is 1. The minimum Gasteiger partial charge on any atom is -0.361 e. The number of rotatable bonds is 6. The van der Waals surface area contributed by atoms with Crippen LogP contribution in [-0.2, 0) is 10.3 Å². The second-order valence-corrected chi connectivity index (χ2v) is 8.69. The van der Waals surface area contributed by atoms with Crippen molar-refractivity contribution in [1.29, 1.82) is 5.41 Å². The highest BCUT2D eigenvalue weighted by Crippen LogP contribution is 2.33. The lowest BCUT2D eigenvalue weighted by Gasteiger charge is -2.49. The molecular weight excluding hydrogens is 439 g/mol. The number of hydrazone groups is 1. The molecule has 4 atom stereocenters. The first-order chi connectivity index (χ1) is 15.5. The fourth-order valence-electron chi connectivity index (χ4n) is 4.00. The average Bonchev–Trinajstić information content (AvgIpc) is 3.36. The molecule has 1 aromatic heterocycles. The van der Waals surface area contributed by atoms with Crippen LogP contribution in [-0.4, -0.2) is 88.6 Å². The van der Waals surface area contributed by atoms with E-state index in [-0.39, 0.29) is 12.0 Å². The minimum absolute atomic E-state index is 0.111. The molecular formula is C20H26F3N9O. The van der Waals surface area contributed by atoms with Gasteiger partial charge in [0.1, 0.15) is 23.4 Å². The zero-order chi connectivity index (χ0) is 24.0. The molecule has 0 aliphatic carbocycles. The first-order valence-corrected chi connectivity index (χ1v) is 10.5. The second-order valence-electron chi connectivity index (χ2n) is 8.69. The van der Waals surface area contributed by atoms with E-state index in [2.05, 4.69) is 20.6 Å². The van der Waals surface area contributed by atoms with Gasteiger partial charge in [0.15, 0.2) is 0 Å². The number of hydrogen-bond acceptors (Lipinski definition) is 8. The van der Waals surface area contributed by atoms with E-state index in [9.17, 15) is 18.0 Å². The summed E-state index contributed by atoms with van der Waals surface area (Å²) in [5, 5.41) is 18.5. The SMILES string of the molecule is CC1NN=CC1c1cnn(C2(C=N)CN(C3=CN(C)C(C(=O)NC(C)C(F)(F)F)C=N3)C2)c1. The molecule has 4 heterocycles. The van der Waals surface area contributed by atoms with Crippen LogP contribution in [0.4, 0.5) is 13.2 Å². The molecule has 13 heteroatoms. The normalized spacial score (nSPS) is 27.0. The van der Waals surface area contributed by atoms with Crippen molar-refractivity contribution in [1.82, 2.24) is 30.3 Å². The second kappa shape index (κ2) is 8.19. The van der Waals surface area contributed by atoms with Crippen molar-refractivity contribution in [2.45, 2.75) is 49.6 Å². The lowest BCUT2D eigenvalue weighted by atomic mass is 9.91. The summed E-state index contributed by atoms with van der Waals surface area (Å²) in [6, 6.07) is -2.73. The number of carbonyl (C=O) groups excluding carboxylic acids is 1. The Morgan fingerprint density at radius 2 is 2.12 bits per heavy atom. The predicted molar refractivity (Wildman–Crippen MR) is 116 cm³/mol. The molecule has 4 unspecified atom stereocenters. The van der Waals surface area contributed by atoms with Gasteiger partial charge < -0.3 is 26.0 Å². The van der Waals surface area contributed by atoms with Gasteiger partial charge in [-0.15, -0.1) is 0 Å². The third-order valence-electron chi connectivity index (χ3n) is 6.24. The number of aliphatic imine (C=N–C) groups is 1. The maximum absolute atomic E-state index is 12.7. The smallest absolute Gasteiger partial charge is 0.361 e. The van der Waals surface area contributed by atoms with E-state index in [0.29, 0.717) is 18.9 Å². The number of nitrogens with zero attached hydrogens (tertiary/aromatic N) is 6. The molecule has 3 N–H and O–H groups in total. The predicted octanol–water partition coefficient (Wildman–Crippen LogP) is 0.855. The number of halogens is 3. The molecule has 178 valence electrons. The Hall–Kier alpha value is -3.38. The van der Waals surface area contributed by atoms with E-state index in [4.69, 9.17) is 5.41 Å². The average molecular weight is 465 g/mol. The Kier molecular flexibility index (Phi) is 5.66. The van der Waals surface area contributed by atoms with Gasteiger partial charge in [0, 0.05) is 49.6 Å². The van der Waals surface area contributed by atoms with E-state index < -0.39 is 29.7 Å². The number of alkyl halides is 3. The van der Waals surface area contributed by atoms with E-state index in [1.54, 1.807) is 24.1 Å². The van der Waals surface area contributed by atoms with Crippen molar-refractivity contribution in [2.24, 2.45) is 10.1 Å². The molecule has 33 heavy (non-hydrogen) atoms. The Balaban J connectivity index is 1.39. The molecule has 3 aliphatic heterocycles. The lowest BCUT2D eigenvalue weighted by molar-refractivity contribution is -0.158. The van der Waals surface area contributed by atoms with Crippen LogP contribution < -0.4 is 10.7 Å². The van der Waals surface area contributed by atoms with Crippen molar-refractivity contribution < 1.29 is 18.0 Å². The van der Waals surface area contributed by atoms with Gasteiger partial charge in [0.2, 0.25) is 5.91 Å². The molecule has 3 aliphatic rings. The summed E-state index contributed by atoms with van der Waals surface area (Å²) >= 11 is 0. The van der Waals surface area contributed by atoms with E-state index in [1.807, 2.05) is 29.6 Å². The zero-order valence-corrected chi connectivity index (χ0v) is 18.4. The van der Waals surface area contributed by atoms with Gasteiger partial charge in [-0.1, -0.05) is 0 Å². The summed E-state index contributed by atoms with van der Waals surface area (Å²) in [6.45, 7) is 3.83. The minimum atomic E-state index is -4.51. The van der Waals surface area contributed by atoms with Gasteiger partial charge in [-0.05, 0) is 13.8 Å². The summed E-state index contributed by atoms with van der Waals surface area (Å²) in [5.41, 5.74) is 3.39. The van der Waals surface area contributed by atoms with Gasteiger partial charge in [0.25, 0.3) is 0 Å². The highest BCUT2D eigenvalue weighted by atomic mass is 19.4. The summed E-state index contributed by atoms with van der Waals surface area (Å²) in [4.78, 5) is 20.0. The highest BCUT2D eigenvalue weighted by Gasteiger charge is 2.46. The molecule has 0 radical (unpaired) electrons. The Morgan fingerprint density at radius 1 is 1.39 bits per heavy atom. The van der Waals surface area contributed by atoms with Gasteiger partial charge in [0.05, 0.1) is 25.3 Å². The van der Waals surface area contributed by atoms with Crippen molar-refractivity contribution >= 4 is 24.6 Å². The van der Waals surface area contributed by atoms with Crippen molar-refractivity contribution in [3.8, 4) is 0 Å². The number of carbonyl (C=O) groups is 1. The van der Waals surface area contributed by atoms with Crippen molar-refractivity contribution in [2.75, 3.05) is 20.1 Å². The summed E-state index contributed by atoms with van der Waals surface area (Å²) in [6.07, 6.45) is 5.35. The number of likely N-dealkylation sites (tertiary alicyclic amines) is 1. The van der Waals surface area contributed by atoms with E-state index >= 15 is 0 Å². The topological polar surface area (TPSA) is 114 Å². The van der Waals surface area contributed by atoms with Gasteiger partial charge in [-0.25, -0.2) is 4.99 Å². The van der Waals surface area contributed by atoms with E-state index in [1.165, 1.54) is 17.3 Å². The Bertz CT molecular complexity index is 1010. The Labute approximate surface area is 188 Å². The van der Waals surface area contributed by atoms with Crippen LogP contribution in [0.15, 0.2) is 34.5 Å². The molecule has 0 bridgehead atoms. The zero-order valence-electron chi connectivity index (χ0n) is 18.4.